The molecule has 1 aromatic carbocycles. The standard InChI is InChI=1S/C14H18Br2N2O/c1-3-4-5-8(2)13(16)9-6-11-12(7-10(9)15)18-14(19)17-11/h6-8,13H,3-5H2,1-2H3,(H2,17,18,19). The van der Waals surface area contributed by atoms with Gasteiger partial charge in [-0.3, -0.25) is 0 Å². The molecule has 0 aliphatic carbocycles. The van der Waals surface area contributed by atoms with Crippen molar-refractivity contribution in [2.75, 3.05) is 0 Å². The number of H-pyrrole nitrogens is 2. The summed E-state index contributed by atoms with van der Waals surface area (Å²) in [6.07, 6.45) is 3.65. The Kier molecular flexibility index (Phi) is 4.90. The predicted octanol–water partition coefficient (Wildman–Crippen LogP) is 4.88. The normalized spacial score (nSPS) is 14.7. The summed E-state index contributed by atoms with van der Waals surface area (Å²) in [7, 11) is 0. The molecule has 0 saturated carbocycles. The van der Waals surface area contributed by atoms with Gasteiger partial charge in [-0.05, 0) is 30.0 Å². The average molecular weight is 390 g/mol. The van der Waals surface area contributed by atoms with Crippen LogP contribution in [0.25, 0.3) is 11.0 Å². The van der Waals surface area contributed by atoms with Crippen molar-refractivity contribution in [1.29, 1.82) is 0 Å². The van der Waals surface area contributed by atoms with Gasteiger partial charge in [0.1, 0.15) is 0 Å². The number of rotatable bonds is 5. The van der Waals surface area contributed by atoms with Gasteiger partial charge in [0.15, 0.2) is 0 Å². The Morgan fingerprint density at radius 3 is 2.53 bits per heavy atom. The summed E-state index contributed by atoms with van der Waals surface area (Å²) in [4.78, 5) is 17.2. The van der Waals surface area contributed by atoms with Crippen molar-refractivity contribution in [3.8, 4) is 0 Å². The smallest absolute Gasteiger partial charge is 0.306 e. The minimum atomic E-state index is -0.163. The highest BCUT2D eigenvalue weighted by Gasteiger charge is 2.19. The number of benzene rings is 1. The first-order chi connectivity index (χ1) is 9.02. The molecule has 104 valence electrons. The van der Waals surface area contributed by atoms with Crippen LogP contribution in [0, 0.1) is 5.92 Å². The van der Waals surface area contributed by atoms with Crippen molar-refractivity contribution in [3.63, 3.8) is 0 Å². The molecule has 0 fully saturated rings. The van der Waals surface area contributed by atoms with E-state index in [1.807, 2.05) is 12.1 Å². The maximum absolute atomic E-state index is 11.3. The van der Waals surface area contributed by atoms with Crippen LogP contribution in [0.4, 0.5) is 0 Å². The fraction of sp³-hybridized carbons (Fsp3) is 0.500. The molecule has 3 nitrogen and oxygen atoms in total. The molecule has 2 aromatic rings. The lowest BCUT2D eigenvalue weighted by atomic mass is 9.95. The molecular formula is C14H18Br2N2O. The molecule has 0 saturated heterocycles. The number of nitrogens with one attached hydrogen (secondary N) is 2. The predicted molar refractivity (Wildman–Crippen MR) is 87.0 cm³/mol. The van der Waals surface area contributed by atoms with E-state index in [1.54, 1.807) is 0 Å². The van der Waals surface area contributed by atoms with Gasteiger partial charge in [0.2, 0.25) is 0 Å². The molecule has 5 heteroatoms. The maximum atomic E-state index is 11.3. The zero-order valence-electron chi connectivity index (χ0n) is 11.1. The summed E-state index contributed by atoms with van der Waals surface area (Å²) in [6, 6.07) is 4.00. The van der Waals surface area contributed by atoms with Gasteiger partial charge in [0, 0.05) is 9.30 Å². The molecule has 0 spiro atoms. The second kappa shape index (κ2) is 6.27. The van der Waals surface area contributed by atoms with Crippen LogP contribution < -0.4 is 5.69 Å². The molecule has 2 rings (SSSR count). The third kappa shape index (κ3) is 3.31. The van der Waals surface area contributed by atoms with Crippen LogP contribution >= 0.6 is 31.9 Å². The molecule has 2 unspecified atom stereocenters. The highest BCUT2D eigenvalue weighted by atomic mass is 79.9. The number of imidazole rings is 1. The first kappa shape index (κ1) is 14.9. The number of halogens is 2. The lowest BCUT2D eigenvalue weighted by molar-refractivity contribution is 0.499. The Morgan fingerprint density at radius 2 is 1.89 bits per heavy atom. The molecule has 19 heavy (non-hydrogen) atoms. The molecule has 2 atom stereocenters. The van der Waals surface area contributed by atoms with E-state index in [0.29, 0.717) is 5.92 Å². The van der Waals surface area contributed by atoms with Crippen molar-refractivity contribution in [3.05, 3.63) is 32.7 Å². The summed E-state index contributed by atoms with van der Waals surface area (Å²) in [5.74, 6) is 0.555. The molecular weight excluding hydrogens is 372 g/mol. The van der Waals surface area contributed by atoms with Gasteiger partial charge in [-0.2, -0.15) is 0 Å². The Bertz CT molecular complexity index is 617. The lowest BCUT2D eigenvalue weighted by Gasteiger charge is -2.19. The van der Waals surface area contributed by atoms with Crippen LogP contribution in [-0.2, 0) is 0 Å². The fourth-order valence-electron chi connectivity index (χ4n) is 2.26. The molecule has 0 bridgehead atoms. The van der Waals surface area contributed by atoms with Gasteiger partial charge in [0.05, 0.1) is 11.0 Å². The third-order valence-electron chi connectivity index (χ3n) is 3.44. The Morgan fingerprint density at radius 1 is 1.26 bits per heavy atom. The van der Waals surface area contributed by atoms with Crippen LogP contribution in [-0.4, -0.2) is 9.97 Å². The van der Waals surface area contributed by atoms with E-state index in [0.717, 1.165) is 15.5 Å². The lowest BCUT2D eigenvalue weighted by Crippen LogP contribution is -2.04. The van der Waals surface area contributed by atoms with E-state index >= 15 is 0 Å². The second-order valence-corrected chi connectivity index (χ2v) is 6.86. The Balaban J connectivity index is 2.32. The molecule has 0 amide bonds. The zero-order chi connectivity index (χ0) is 14.0. The summed E-state index contributed by atoms with van der Waals surface area (Å²) in [5.41, 5.74) is 2.72. The first-order valence-corrected chi connectivity index (χ1v) is 8.29. The summed E-state index contributed by atoms with van der Waals surface area (Å²) in [5, 5.41) is 0. The van der Waals surface area contributed by atoms with Crippen molar-refractivity contribution in [1.82, 2.24) is 9.97 Å². The van der Waals surface area contributed by atoms with Crippen LogP contribution in [0.1, 0.15) is 43.5 Å². The second-order valence-electron chi connectivity index (χ2n) is 5.02. The van der Waals surface area contributed by atoms with Crippen molar-refractivity contribution >= 4 is 42.9 Å². The fourth-order valence-corrected chi connectivity index (χ4v) is 3.80. The molecule has 0 radical (unpaired) electrons. The Labute approximate surface area is 129 Å². The summed E-state index contributed by atoms with van der Waals surface area (Å²) < 4.78 is 1.03. The SMILES string of the molecule is CCCCC(C)C(Br)c1cc2[nH]c(=O)[nH]c2cc1Br. The first-order valence-electron chi connectivity index (χ1n) is 6.58. The zero-order valence-corrected chi connectivity index (χ0v) is 14.3. The molecule has 0 aliphatic rings. The molecule has 2 N–H and O–H groups in total. The number of aromatic amines is 2. The molecule has 1 aromatic heterocycles. The van der Waals surface area contributed by atoms with E-state index in [9.17, 15) is 4.79 Å². The van der Waals surface area contributed by atoms with Gasteiger partial charge in [0.25, 0.3) is 0 Å². The monoisotopic (exact) mass is 388 g/mol. The molecule has 1 heterocycles. The minimum Gasteiger partial charge on any atom is -0.306 e. The third-order valence-corrected chi connectivity index (χ3v) is 5.53. The van der Waals surface area contributed by atoms with Gasteiger partial charge < -0.3 is 9.97 Å². The van der Waals surface area contributed by atoms with Crippen LogP contribution in [0.15, 0.2) is 21.4 Å². The van der Waals surface area contributed by atoms with E-state index in [-0.39, 0.29) is 10.5 Å². The summed E-state index contributed by atoms with van der Waals surface area (Å²) in [6.45, 7) is 4.47. The highest BCUT2D eigenvalue weighted by Crippen LogP contribution is 2.38. The largest absolute Gasteiger partial charge is 0.323 e. The van der Waals surface area contributed by atoms with E-state index < -0.39 is 0 Å². The van der Waals surface area contributed by atoms with Crippen molar-refractivity contribution < 1.29 is 0 Å². The number of hydrogen-bond donors (Lipinski definition) is 2. The van der Waals surface area contributed by atoms with Gasteiger partial charge in [-0.25, -0.2) is 4.79 Å². The number of alkyl halides is 1. The highest BCUT2D eigenvalue weighted by molar-refractivity contribution is 9.11. The van der Waals surface area contributed by atoms with E-state index in [2.05, 4.69) is 55.7 Å². The topological polar surface area (TPSA) is 48.6 Å². The minimum absolute atomic E-state index is 0.163. The van der Waals surface area contributed by atoms with Gasteiger partial charge >= 0.3 is 5.69 Å². The quantitative estimate of drug-likeness (QED) is 0.703. The van der Waals surface area contributed by atoms with Crippen molar-refractivity contribution in [2.24, 2.45) is 5.92 Å². The van der Waals surface area contributed by atoms with Crippen molar-refractivity contribution in [2.45, 2.75) is 37.9 Å². The van der Waals surface area contributed by atoms with Gasteiger partial charge in [-0.1, -0.05) is 58.5 Å². The van der Waals surface area contributed by atoms with Crippen LogP contribution in [0.3, 0.4) is 0 Å². The van der Waals surface area contributed by atoms with Crippen LogP contribution in [0.5, 0.6) is 0 Å². The van der Waals surface area contributed by atoms with E-state index in [1.165, 1.54) is 24.8 Å². The average Bonchev–Trinajstić information content (AvgIpc) is 2.73. The molecule has 0 aliphatic heterocycles. The number of fused-ring (bicyclic) bond motifs is 1. The maximum Gasteiger partial charge on any atom is 0.323 e. The number of unbranched alkanes of at least 4 members (excludes halogenated alkanes) is 1. The van der Waals surface area contributed by atoms with Gasteiger partial charge in [-0.15, -0.1) is 0 Å². The number of hydrogen-bond acceptors (Lipinski definition) is 1. The van der Waals surface area contributed by atoms with Crippen LogP contribution in [0.2, 0.25) is 0 Å². The summed E-state index contributed by atoms with van der Waals surface area (Å²) >= 11 is 7.39. The number of aromatic nitrogens is 2. The Hall–Kier alpha value is -0.550. The van der Waals surface area contributed by atoms with E-state index in [4.69, 9.17) is 0 Å².